The molecule has 3 aromatic rings. The summed E-state index contributed by atoms with van der Waals surface area (Å²) in [6.45, 7) is 5.21. The van der Waals surface area contributed by atoms with Crippen molar-refractivity contribution in [3.05, 3.63) is 58.4 Å². The lowest BCUT2D eigenvalue weighted by Gasteiger charge is -2.31. The van der Waals surface area contributed by atoms with E-state index in [-0.39, 0.29) is 23.7 Å². The number of oxazole rings is 1. The molecule has 4 rings (SSSR count). The van der Waals surface area contributed by atoms with Gasteiger partial charge in [-0.15, -0.1) is 0 Å². The Balaban J connectivity index is 1.35. The molecule has 2 heterocycles. The van der Waals surface area contributed by atoms with Crippen LogP contribution in [0.5, 0.6) is 0 Å². The van der Waals surface area contributed by atoms with Gasteiger partial charge in [0.05, 0.1) is 0 Å². The number of carbonyl (C=O) groups excluding carboxylic acids is 2. The van der Waals surface area contributed by atoms with E-state index in [0.717, 1.165) is 15.6 Å². The molecule has 1 N–H and O–H groups in total. The van der Waals surface area contributed by atoms with Gasteiger partial charge in [-0.2, -0.15) is 0 Å². The summed E-state index contributed by atoms with van der Waals surface area (Å²) in [5.74, 6) is 0.784. The number of fused-ring (bicyclic) bond motifs is 1. The number of benzene rings is 2. The topological polar surface area (TPSA) is 75.4 Å². The summed E-state index contributed by atoms with van der Waals surface area (Å²) in [7, 11) is 0. The predicted octanol–water partition coefficient (Wildman–Crippen LogP) is 5.20. The van der Waals surface area contributed by atoms with Crippen LogP contribution in [0.25, 0.3) is 11.1 Å². The van der Waals surface area contributed by atoms with Crippen molar-refractivity contribution in [1.82, 2.24) is 9.88 Å². The highest BCUT2D eigenvalue weighted by atomic mass is 79.9. The first-order valence-electron chi connectivity index (χ1n) is 10.2. The molecule has 1 aliphatic heterocycles. The summed E-state index contributed by atoms with van der Waals surface area (Å²) in [6.07, 6.45) is 1.30. The maximum absolute atomic E-state index is 12.7. The highest BCUT2D eigenvalue weighted by molar-refractivity contribution is 9.10. The van der Waals surface area contributed by atoms with Crippen LogP contribution in [0.4, 0.5) is 5.69 Å². The Morgan fingerprint density at radius 1 is 1.13 bits per heavy atom. The van der Waals surface area contributed by atoms with Crippen LogP contribution >= 0.6 is 15.9 Å². The van der Waals surface area contributed by atoms with E-state index in [9.17, 15) is 9.59 Å². The molecular weight excluding hydrogens is 446 g/mol. The van der Waals surface area contributed by atoms with Gasteiger partial charge in [-0.05, 0) is 55.3 Å². The van der Waals surface area contributed by atoms with Gasteiger partial charge >= 0.3 is 0 Å². The first kappa shape index (κ1) is 20.6. The molecule has 2 aromatic carbocycles. The zero-order valence-corrected chi connectivity index (χ0v) is 18.6. The molecule has 1 aliphatic rings. The Morgan fingerprint density at radius 3 is 2.50 bits per heavy atom. The zero-order chi connectivity index (χ0) is 21.3. The van der Waals surface area contributed by atoms with E-state index in [0.29, 0.717) is 43.1 Å². The molecule has 0 saturated carbocycles. The average molecular weight is 470 g/mol. The van der Waals surface area contributed by atoms with Crippen LogP contribution in [-0.2, 0) is 4.79 Å². The molecule has 0 unspecified atom stereocenters. The van der Waals surface area contributed by atoms with E-state index >= 15 is 0 Å². The Morgan fingerprint density at radius 2 is 1.83 bits per heavy atom. The third-order valence-corrected chi connectivity index (χ3v) is 5.94. The van der Waals surface area contributed by atoms with Crippen molar-refractivity contribution in [2.75, 3.05) is 18.4 Å². The summed E-state index contributed by atoms with van der Waals surface area (Å²) in [5, 5.41) is 2.99. The fraction of sp³-hybridized carbons (Fsp3) is 0.348. The van der Waals surface area contributed by atoms with Gasteiger partial charge in [-0.1, -0.05) is 29.8 Å². The fourth-order valence-electron chi connectivity index (χ4n) is 3.63. The number of hydrogen-bond acceptors (Lipinski definition) is 4. The molecule has 1 aromatic heterocycles. The number of aromatic nitrogens is 1. The lowest BCUT2D eigenvalue weighted by molar-refractivity contribution is -0.121. The van der Waals surface area contributed by atoms with Gasteiger partial charge in [0.2, 0.25) is 5.91 Å². The molecule has 6 nitrogen and oxygen atoms in total. The number of rotatable bonds is 4. The molecule has 0 radical (unpaired) electrons. The number of amides is 2. The molecule has 1 fully saturated rings. The number of nitrogens with zero attached hydrogens (tertiary/aromatic N) is 2. The third kappa shape index (κ3) is 4.41. The number of nitrogens with one attached hydrogen (secondary N) is 1. The van der Waals surface area contributed by atoms with Crippen LogP contribution in [-0.4, -0.2) is 34.8 Å². The summed E-state index contributed by atoms with van der Waals surface area (Å²) < 4.78 is 6.66. The van der Waals surface area contributed by atoms with Gasteiger partial charge in [-0.3, -0.25) is 9.59 Å². The molecule has 7 heteroatoms. The van der Waals surface area contributed by atoms with Gasteiger partial charge in [0.15, 0.2) is 11.5 Å². The highest BCUT2D eigenvalue weighted by Gasteiger charge is 2.28. The fourth-order valence-corrected chi connectivity index (χ4v) is 3.90. The maximum atomic E-state index is 12.7. The lowest BCUT2D eigenvalue weighted by atomic mass is 9.95. The Hall–Kier alpha value is -2.67. The third-order valence-electron chi connectivity index (χ3n) is 5.41. The Labute approximate surface area is 183 Å². The van der Waals surface area contributed by atoms with Gasteiger partial charge < -0.3 is 14.6 Å². The van der Waals surface area contributed by atoms with Crippen LogP contribution in [0.2, 0.25) is 0 Å². The lowest BCUT2D eigenvalue weighted by Crippen LogP contribution is -2.41. The van der Waals surface area contributed by atoms with E-state index in [1.54, 1.807) is 0 Å². The number of halogens is 1. The minimum atomic E-state index is -0.113. The van der Waals surface area contributed by atoms with E-state index in [2.05, 4.69) is 26.2 Å². The second-order valence-corrected chi connectivity index (χ2v) is 8.87. The zero-order valence-electron chi connectivity index (χ0n) is 17.0. The van der Waals surface area contributed by atoms with Crippen molar-refractivity contribution >= 4 is 44.5 Å². The summed E-state index contributed by atoms with van der Waals surface area (Å²) in [5.41, 5.74) is 2.84. The van der Waals surface area contributed by atoms with Crippen molar-refractivity contribution in [3.8, 4) is 0 Å². The molecule has 0 aliphatic carbocycles. The van der Waals surface area contributed by atoms with E-state index < -0.39 is 0 Å². The first-order valence-corrected chi connectivity index (χ1v) is 11.0. The van der Waals surface area contributed by atoms with E-state index in [4.69, 9.17) is 4.42 Å². The number of carbonyl (C=O) groups is 2. The molecule has 0 bridgehead atoms. The number of likely N-dealkylation sites (tertiary alicyclic amines) is 1. The number of piperidine rings is 1. The van der Waals surface area contributed by atoms with Crippen molar-refractivity contribution in [2.24, 2.45) is 5.92 Å². The second-order valence-electron chi connectivity index (χ2n) is 7.95. The SMILES string of the molecule is CC(C)c1nc2cc(NC(=O)C3CCN(C(=O)c4ccc(Br)cc4)CC3)ccc2o1. The molecule has 0 atom stereocenters. The molecule has 1 saturated heterocycles. The Kier molecular flexibility index (Phi) is 5.90. The summed E-state index contributed by atoms with van der Waals surface area (Å²) >= 11 is 3.38. The van der Waals surface area contributed by atoms with E-state index in [1.165, 1.54) is 0 Å². The predicted molar refractivity (Wildman–Crippen MR) is 119 cm³/mol. The standard InChI is InChI=1S/C23H24BrN3O3/c1-14(2)22-26-19-13-18(7-8-20(19)30-22)25-21(28)15-9-11-27(12-10-15)23(29)16-3-5-17(24)6-4-16/h3-8,13-15H,9-12H2,1-2H3,(H,25,28). The molecule has 2 amide bonds. The molecular formula is C23H24BrN3O3. The van der Waals surface area contributed by atoms with Crippen LogP contribution in [0.15, 0.2) is 51.4 Å². The first-order chi connectivity index (χ1) is 14.4. The summed E-state index contributed by atoms with van der Waals surface area (Å²) in [6, 6.07) is 12.9. The Bertz CT molecular complexity index is 1070. The smallest absolute Gasteiger partial charge is 0.253 e. The largest absolute Gasteiger partial charge is 0.440 e. The maximum Gasteiger partial charge on any atom is 0.253 e. The van der Waals surface area contributed by atoms with Gasteiger partial charge in [0.25, 0.3) is 5.91 Å². The number of anilines is 1. The number of hydrogen-bond donors (Lipinski definition) is 1. The average Bonchev–Trinajstić information content (AvgIpc) is 3.18. The normalized spacial score (nSPS) is 15.0. The minimum Gasteiger partial charge on any atom is -0.440 e. The van der Waals surface area contributed by atoms with Crippen LogP contribution in [0.1, 0.15) is 48.9 Å². The van der Waals surface area contributed by atoms with Gasteiger partial charge in [0, 0.05) is 40.6 Å². The molecule has 156 valence electrons. The van der Waals surface area contributed by atoms with Gasteiger partial charge in [0.1, 0.15) is 5.52 Å². The van der Waals surface area contributed by atoms with Crippen molar-refractivity contribution in [2.45, 2.75) is 32.6 Å². The highest BCUT2D eigenvalue weighted by Crippen LogP contribution is 2.25. The second kappa shape index (κ2) is 8.60. The molecule has 30 heavy (non-hydrogen) atoms. The van der Waals surface area contributed by atoms with Crippen molar-refractivity contribution in [3.63, 3.8) is 0 Å². The molecule has 0 spiro atoms. The van der Waals surface area contributed by atoms with Crippen molar-refractivity contribution < 1.29 is 14.0 Å². The monoisotopic (exact) mass is 469 g/mol. The quantitative estimate of drug-likeness (QED) is 0.569. The van der Waals surface area contributed by atoms with Crippen LogP contribution in [0, 0.1) is 5.92 Å². The van der Waals surface area contributed by atoms with E-state index in [1.807, 2.05) is 61.2 Å². The van der Waals surface area contributed by atoms with Crippen molar-refractivity contribution in [1.29, 1.82) is 0 Å². The minimum absolute atomic E-state index is 0.0128. The van der Waals surface area contributed by atoms with Crippen LogP contribution < -0.4 is 5.32 Å². The van der Waals surface area contributed by atoms with Crippen LogP contribution in [0.3, 0.4) is 0 Å². The summed E-state index contributed by atoms with van der Waals surface area (Å²) in [4.78, 5) is 31.7. The van der Waals surface area contributed by atoms with Gasteiger partial charge in [-0.25, -0.2) is 4.98 Å².